The highest BCUT2D eigenvalue weighted by molar-refractivity contribution is 6.02. The Morgan fingerprint density at radius 3 is 2.45 bits per heavy atom. The maximum atomic E-state index is 13.5. The van der Waals surface area contributed by atoms with Gasteiger partial charge >= 0.3 is 12.1 Å². The summed E-state index contributed by atoms with van der Waals surface area (Å²) in [6, 6.07) is 14.5. The molecule has 0 radical (unpaired) electrons. The Bertz CT molecular complexity index is 1620. The van der Waals surface area contributed by atoms with Gasteiger partial charge in [0.15, 0.2) is 5.69 Å². The van der Waals surface area contributed by atoms with E-state index < -0.39 is 17.7 Å². The molecule has 0 amide bonds. The highest BCUT2D eigenvalue weighted by Gasteiger charge is 2.33. The number of carboxylic acid groups (broad SMARTS) is 1. The Kier molecular flexibility index (Phi) is 6.60. The van der Waals surface area contributed by atoms with Crippen molar-refractivity contribution in [3.8, 4) is 0 Å². The van der Waals surface area contributed by atoms with Gasteiger partial charge in [-0.05, 0) is 76.4 Å². The molecule has 38 heavy (non-hydrogen) atoms. The van der Waals surface area contributed by atoms with E-state index >= 15 is 0 Å². The molecule has 190 valence electrons. The Morgan fingerprint density at radius 1 is 1.08 bits per heavy atom. The number of rotatable bonds is 6. The Morgan fingerprint density at radius 2 is 1.82 bits per heavy atom. The van der Waals surface area contributed by atoms with Crippen molar-refractivity contribution in [3.63, 3.8) is 0 Å². The van der Waals surface area contributed by atoms with Crippen molar-refractivity contribution < 1.29 is 23.1 Å². The first-order valence-corrected chi connectivity index (χ1v) is 12.0. The smallest absolute Gasteiger partial charge is 0.415 e. The fourth-order valence-corrected chi connectivity index (χ4v) is 4.76. The van der Waals surface area contributed by atoms with Crippen LogP contribution in [-0.4, -0.2) is 20.5 Å². The Labute approximate surface area is 217 Å². The molecule has 8 heteroatoms. The number of allylic oxidation sites excluding steroid dienone is 1. The van der Waals surface area contributed by atoms with Gasteiger partial charge in [-0.2, -0.15) is 13.2 Å². The molecule has 0 bridgehead atoms. The van der Waals surface area contributed by atoms with Gasteiger partial charge in [-0.1, -0.05) is 42.8 Å². The largest absolute Gasteiger partial charge is 0.478 e. The van der Waals surface area contributed by atoms with Gasteiger partial charge in [0, 0.05) is 30.2 Å². The first-order chi connectivity index (χ1) is 18.2. The van der Waals surface area contributed by atoms with Crippen LogP contribution >= 0.6 is 0 Å². The van der Waals surface area contributed by atoms with Gasteiger partial charge in [-0.25, -0.2) is 14.6 Å². The van der Waals surface area contributed by atoms with Crippen LogP contribution in [0.25, 0.3) is 27.7 Å². The van der Waals surface area contributed by atoms with Crippen LogP contribution in [0, 0.1) is 12.5 Å². The molecule has 4 aromatic rings. The number of halogens is 3. The summed E-state index contributed by atoms with van der Waals surface area (Å²) >= 11 is 0. The van der Waals surface area contributed by atoms with E-state index in [1.807, 2.05) is 41.1 Å². The summed E-state index contributed by atoms with van der Waals surface area (Å²) < 4.78 is 42.3. The summed E-state index contributed by atoms with van der Waals surface area (Å²) in [7, 11) is 0. The zero-order valence-corrected chi connectivity index (χ0v) is 20.1. The number of fused-ring (bicyclic) bond motifs is 1. The van der Waals surface area contributed by atoms with E-state index in [-0.39, 0.29) is 11.6 Å². The number of hydrogen-bond acceptors (Lipinski definition) is 2. The van der Waals surface area contributed by atoms with Crippen LogP contribution in [-0.2, 0) is 11.0 Å². The molecule has 0 spiro atoms. The average Bonchev–Trinajstić information content (AvgIpc) is 3.34. The van der Waals surface area contributed by atoms with Crippen LogP contribution in [0.4, 0.5) is 18.9 Å². The molecule has 0 aliphatic heterocycles. The summed E-state index contributed by atoms with van der Waals surface area (Å²) in [5, 5.41) is 8.95. The molecule has 0 unspecified atom stereocenters. The van der Waals surface area contributed by atoms with Gasteiger partial charge in [0.05, 0.1) is 6.57 Å². The zero-order chi connectivity index (χ0) is 26.9. The molecule has 2 heterocycles. The Balaban J connectivity index is 1.77. The molecule has 5 nitrogen and oxygen atoms in total. The van der Waals surface area contributed by atoms with Crippen LogP contribution in [0.5, 0.6) is 0 Å². The van der Waals surface area contributed by atoms with Crippen LogP contribution in [0.1, 0.15) is 47.1 Å². The lowest BCUT2D eigenvalue weighted by Crippen LogP contribution is -2.16. The minimum atomic E-state index is -4.55. The molecule has 2 aromatic carbocycles. The maximum absolute atomic E-state index is 13.5. The summed E-state index contributed by atoms with van der Waals surface area (Å²) in [5.41, 5.74) is 4.36. The predicted molar refractivity (Wildman–Crippen MR) is 139 cm³/mol. The summed E-state index contributed by atoms with van der Waals surface area (Å²) in [5.74, 6) is -0.975. The maximum Gasteiger partial charge on any atom is 0.415 e. The fourth-order valence-electron chi connectivity index (χ4n) is 4.76. The molecular weight excluding hydrogens is 491 g/mol. The molecule has 0 atom stereocenters. The fraction of sp³-hybridized carbons (Fsp3) is 0.167. The van der Waals surface area contributed by atoms with Gasteiger partial charge in [0.2, 0.25) is 0 Å². The van der Waals surface area contributed by atoms with E-state index in [1.165, 1.54) is 12.1 Å². The third-order valence-corrected chi connectivity index (χ3v) is 6.81. The minimum Gasteiger partial charge on any atom is -0.478 e. The van der Waals surface area contributed by atoms with Gasteiger partial charge in [-0.15, -0.1) is 0 Å². The minimum absolute atomic E-state index is 0.0380. The molecule has 2 aromatic heterocycles. The van der Waals surface area contributed by atoms with Crippen molar-refractivity contribution in [1.82, 2.24) is 9.38 Å². The second-order valence-electron chi connectivity index (χ2n) is 9.16. The number of aromatic nitrogens is 2. The van der Waals surface area contributed by atoms with Crippen molar-refractivity contribution in [3.05, 3.63) is 118 Å². The van der Waals surface area contributed by atoms with E-state index in [0.29, 0.717) is 11.1 Å². The number of aliphatic carboxylic acids is 1. The SMILES string of the molecule is [C-]#[N+]c1cc(C(F)(F)F)ccc1/C(=C(\c1ccc(/C=C/C(=O)O)cc1)c1ccc2nccn2c1)C1CCC1. The van der Waals surface area contributed by atoms with Crippen molar-refractivity contribution in [2.75, 3.05) is 0 Å². The van der Waals surface area contributed by atoms with Crippen LogP contribution < -0.4 is 0 Å². The third kappa shape index (κ3) is 4.96. The lowest BCUT2D eigenvalue weighted by molar-refractivity contribution is -0.137. The average molecular weight is 514 g/mol. The molecule has 1 N–H and O–H groups in total. The van der Waals surface area contributed by atoms with Crippen molar-refractivity contribution in [1.29, 1.82) is 0 Å². The molecule has 1 saturated carbocycles. The van der Waals surface area contributed by atoms with Crippen LogP contribution in [0.3, 0.4) is 0 Å². The molecule has 5 rings (SSSR count). The van der Waals surface area contributed by atoms with Crippen molar-refractivity contribution in [2.24, 2.45) is 5.92 Å². The summed E-state index contributed by atoms with van der Waals surface area (Å²) in [4.78, 5) is 18.7. The third-order valence-electron chi connectivity index (χ3n) is 6.81. The molecule has 1 aliphatic carbocycles. The molecule has 0 saturated heterocycles. The number of imidazole rings is 1. The van der Waals surface area contributed by atoms with Gasteiger partial charge in [-0.3, -0.25) is 0 Å². The second-order valence-corrected chi connectivity index (χ2v) is 9.16. The predicted octanol–water partition coefficient (Wildman–Crippen LogP) is 7.76. The van der Waals surface area contributed by atoms with Gasteiger partial charge in [0.25, 0.3) is 0 Å². The number of carbonyl (C=O) groups is 1. The number of nitrogens with zero attached hydrogens (tertiary/aromatic N) is 3. The van der Waals surface area contributed by atoms with Crippen molar-refractivity contribution in [2.45, 2.75) is 25.4 Å². The standard InChI is InChI=1S/C30H22F3N3O2/c1-34-25-17-23(30(31,32)33)11-12-24(25)29(20-3-2-4-20)28(22-10-13-26-35-15-16-36(26)18-22)21-8-5-19(6-9-21)7-14-27(37)38/h5-18,20H,2-4H2,(H,37,38)/b14-7+,29-28+. The lowest BCUT2D eigenvalue weighted by Gasteiger charge is -2.32. The van der Waals surface area contributed by atoms with Crippen LogP contribution in [0.15, 0.2) is 79.3 Å². The second kappa shape index (κ2) is 10.0. The normalized spacial score (nSPS) is 14.8. The number of hydrogen-bond donors (Lipinski definition) is 1. The monoisotopic (exact) mass is 513 g/mol. The first kappa shape index (κ1) is 25.0. The number of alkyl halides is 3. The summed E-state index contributed by atoms with van der Waals surface area (Å²) in [6.07, 6.45) is 6.16. The highest BCUT2D eigenvalue weighted by Crippen LogP contribution is 2.48. The van der Waals surface area contributed by atoms with Crippen molar-refractivity contribution >= 4 is 34.5 Å². The van der Waals surface area contributed by atoms with E-state index in [1.54, 1.807) is 18.3 Å². The molecule has 1 aliphatic rings. The van der Waals surface area contributed by atoms with Gasteiger partial charge < -0.3 is 9.51 Å². The van der Waals surface area contributed by atoms with E-state index in [4.69, 9.17) is 11.7 Å². The van der Waals surface area contributed by atoms with Gasteiger partial charge in [0.1, 0.15) is 5.65 Å². The topological polar surface area (TPSA) is 59.0 Å². The lowest BCUT2D eigenvalue weighted by atomic mass is 9.72. The quantitative estimate of drug-likeness (QED) is 0.163. The number of pyridine rings is 1. The van der Waals surface area contributed by atoms with E-state index in [2.05, 4.69) is 9.83 Å². The number of benzene rings is 2. The number of carboxylic acids is 1. The highest BCUT2D eigenvalue weighted by atomic mass is 19.4. The molecular formula is C30H22F3N3O2. The van der Waals surface area contributed by atoms with E-state index in [9.17, 15) is 18.0 Å². The Hall–Kier alpha value is -4.64. The van der Waals surface area contributed by atoms with Crippen LogP contribution in [0.2, 0.25) is 0 Å². The van der Waals surface area contributed by atoms with E-state index in [0.717, 1.165) is 65.4 Å². The molecule has 1 fully saturated rings. The first-order valence-electron chi connectivity index (χ1n) is 12.0. The zero-order valence-electron chi connectivity index (χ0n) is 20.1. The summed E-state index contributed by atoms with van der Waals surface area (Å²) in [6.45, 7) is 7.71.